The van der Waals surface area contributed by atoms with Gasteiger partial charge in [-0.25, -0.2) is 9.97 Å². The zero-order valence-electron chi connectivity index (χ0n) is 18.5. The fraction of sp³-hybridized carbons (Fsp3) is 0.320. The van der Waals surface area contributed by atoms with Crippen LogP contribution < -0.4 is 14.8 Å². The minimum atomic E-state index is 0.252. The molecule has 2 heterocycles. The first-order valence-electron chi connectivity index (χ1n) is 10.9. The Kier molecular flexibility index (Phi) is 6.84. The van der Waals surface area contributed by atoms with Gasteiger partial charge in [0.25, 0.3) is 0 Å². The number of nitrogens with one attached hydrogen (secondary N) is 1. The number of amides is 1. The van der Waals surface area contributed by atoms with E-state index in [0.717, 1.165) is 48.2 Å². The van der Waals surface area contributed by atoms with Gasteiger partial charge in [-0.15, -0.1) is 0 Å². The molecule has 0 atom stereocenters. The standard InChI is InChI=1S/C25H28N4O3/c1-31-21-16-19-20(17-22(21)32-2)27-23(12-11-18-8-4-3-5-9-18)28-25(19)26-13-7-15-29-14-6-10-24(29)30/h3-5,8-9,11-12,16-17H,6-7,10,13-15H2,1-2H3,(H,26,27,28)/b12-11+. The number of hydrogen-bond acceptors (Lipinski definition) is 6. The number of anilines is 1. The van der Waals surface area contributed by atoms with E-state index in [1.807, 2.05) is 59.5 Å². The van der Waals surface area contributed by atoms with Crippen LogP contribution in [0.2, 0.25) is 0 Å². The maximum Gasteiger partial charge on any atom is 0.222 e. The molecule has 2 aromatic carbocycles. The van der Waals surface area contributed by atoms with Gasteiger partial charge >= 0.3 is 0 Å². The van der Waals surface area contributed by atoms with Crippen LogP contribution in [0.5, 0.6) is 11.5 Å². The molecule has 1 amide bonds. The van der Waals surface area contributed by atoms with Crippen molar-refractivity contribution in [2.24, 2.45) is 0 Å². The molecule has 3 aromatic rings. The summed E-state index contributed by atoms with van der Waals surface area (Å²) in [4.78, 5) is 23.2. The molecule has 32 heavy (non-hydrogen) atoms. The lowest BCUT2D eigenvalue weighted by Crippen LogP contribution is -2.27. The Morgan fingerprint density at radius 1 is 1.06 bits per heavy atom. The molecule has 1 fully saturated rings. The van der Waals surface area contributed by atoms with Crippen molar-refractivity contribution in [1.82, 2.24) is 14.9 Å². The predicted octanol–water partition coefficient (Wildman–Crippen LogP) is 4.24. The van der Waals surface area contributed by atoms with Crippen LogP contribution in [0.25, 0.3) is 23.1 Å². The minimum absolute atomic E-state index is 0.252. The Hall–Kier alpha value is -3.61. The number of ether oxygens (including phenoxy) is 2. The fourth-order valence-corrected chi connectivity index (χ4v) is 3.83. The van der Waals surface area contributed by atoms with E-state index < -0.39 is 0 Å². The molecule has 7 nitrogen and oxygen atoms in total. The van der Waals surface area contributed by atoms with Gasteiger partial charge in [-0.3, -0.25) is 4.79 Å². The summed E-state index contributed by atoms with van der Waals surface area (Å²) in [6.07, 6.45) is 6.37. The summed E-state index contributed by atoms with van der Waals surface area (Å²) < 4.78 is 10.9. The Labute approximate surface area is 188 Å². The third-order valence-corrected chi connectivity index (χ3v) is 5.51. The van der Waals surface area contributed by atoms with Crippen LogP contribution in [0.15, 0.2) is 42.5 Å². The average Bonchev–Trinajstić information content (AvgIpc) is 3.24. The summed E-state index contributed by atoms with van der Waals surface area (Å²) in [6, 6.07) is 13.8. The highest BCUT2D eigenvalue weighted by Crippen LogP contribution is 2.34. The van der Waals surface area contributed by atoms with Crippen molar-refractivity contribution in [2.75, 3.05) is 39.2 Å². The highest BCUT2D eigenvalue weighted by atomic mass is 16.5. The molecule has 1 aliphatic rings. The summed E-state index contributed by atoms with van der Waals surface area (Å²) in [6.45, 7) is 2.32. The third-order valence-electron chi connectivity index (χ3n) is 5.51. The number of nitrogens with zero attached hydrogens (tertiary/aromatic N) is 3. The van der Waals surface area contributed by atoms with E-state index >= 15 is 0 Å². The minimum Gasteiger partial charge on any atom is -0.493 e. The SMILES string of the molecule is COc1cc2nc(/C=C/c3ccccc3)nc(NCCCN3CCCC3=O)c2cc1OC. The average molecular weight is 433 g/mol. The van der Waals surface area contributed by atoms with E-state index in [1.54, 1.807) is 14.2 Å². The van der Waals surface area contributed by atoms with Crippen LogP contribution in [0.3, 0.4) is 0 Å². The first-order valence-corrected chi connectivity index (χ1v) is 10.9. The Morgan fingerprint density at radius 3 is 2.56 bits per heavy atom. The van der Waals surface area contributed by atoms with Crippen molar-refractivity contribution < 1.29 is 14.3 Å². The molecule has 0 unspecified atom stereocenters. The topological polar surface area (TPSA) is 76.6 Å². The summed E-state index contributed by atoms with van der Waals surface area (Å²) in [5.41, 5.74) is 1.84. The number of rotatable bonds is 9. The summed E-state index contributed by atoms with van der Waals surface area (Å²) in [5.74, 6) is 2.84. The van der Waals surface area contributed by atoms with E-state index in [4.69, 9.17) is 19.4 Å². The number of carbonyl (C=O) groups excluding carboxylic acids is 1. The van der Waals surface area contributed by atoms with Gasteiger partial charge in [0.05, 0.1) is 19.7 Å². The molecule has 1 N–H and O–H groups in total. The number of aromatic nitrogens is 2. The highest BCUT2D eigenvalue weighted by Gasteiger charge is 2.19. The van der Waals surface area contributed by atoms with Gasteiger partial charge in [-0.1, -0.05) is 36.4 Å². The van der Waals surface area contributed by atoms with Crippen LogP contribution in [-0.4, -0.2) is 54.6 Å². The zero-order valence-corrected chi connectivity index (χ0v) is 18.5. The first kappa shape index (κ1) is 21.6. The number of methoxy groups -OCH3 is 2. The quantitative estimate of drug-likeness (QED) is 0.510. The molecule has 0 spiro atoms. The second-order valence-corrected chi connectivity index (χ2v) is 7.66. The molecule has 7 heteroatoms. The van der Waals surface area contributed by atoms with Crippen molar-refractivity contribution in [3.63, 3.8) is 0 Å². The zero-order chi connectivity index (χ0) is 22.3. The van der Waals surface area contributed by atoms with Crippen molar-refractivity contribution in [3.05, 3.63) is 53.9 Å². The molecule has 0 radical (unpaired) electrons. The lowest BCUT2D eigenvalue weighted by molar-refractivity contribution is -0.127. The van der Waals surface area contributed by atoms with Crippen molar-refractivity contribution in [2.45, 2.75) is 19.3 Å². The fourth-order valence-electron chi connectivity index (χ4n) is 3.83. The molecular weight excluding hydrogens is 404 g/mol. The highest BCUT2D eigenvalue weighted by molar-refractivity contribution is 5.92. The summed E-state index contributed by atoms with van der Waals surface area (Å²) >= 11 is 0. The monoisotopic (exact) mass is 432 g/mol. The van der Waals surface area contributed by atoms with Crippen molar-refractivity contribution in [1.29, 1.82) is 0 Å². The maximum atomic E-state index is 11.8. The molecule has 4 rings (SSSR count). The molecular formula is C25H28N4O3. The number of fused-ring (bicyclic) bond motifs is 1. The van der Waals surface area contributed by atoms with Gasteiger partial charge in [-0.05, 0) is 30.5 Å². The van der Waals surface area contributed by atoms with Gasteiger partial charge in [0.2, 0.25) is 5.91 Å². The van der Waals surface area contributed by atoms with Crippen LogP contribution in [0.1, 0.15) is 30.7 Å². The van der Waals surface area contributed by atoms with E-state index in [2.05, 4.69) is 5.32 Å². The van der Waals surface area contributed by atoms with Gasteiger partial charge in [-0.2, -0.15) is 0 Å². The van der Waals surface area contributed by atoms with Gasteiger partial charge < -0.3 is 19.7 Å². The van der Waals surface area contributed by atoms with E-state index in [-0.39, 0.29) is 5.91 Å². The van der Waals surface area contributed by atoms with Gasteiger partial charge in [0.15, 0.2) is 17.3 Å². The van der Waals surface area contributed by atoms with Crippen LogP contribution in [0, 0.1) is 0 Å². The number of carbonyl (C=O) groups is 1. The first-order chi connectivity index (χ1) is 15.7. The van der Waals surface area contributed by atoms with E-state index in [0.29, 0.717) is 30.3 Å². The van der Waals surface area contributed by atoms with Crippen LogP contribution in [-0.2, 0) is 4.79 Å². The summed E-state index contributed by atoms with van der Waals surface area (Å²) in [7, 11) is 3.22. The summed E-state index contributed by atoms with van der Waals surface area (Å²) in [5, 5.41) is 4.29. The smallest absolute Gasteiger partial charge is 0.222 e. The molecule has 0 aliphatic carbocycles. The molecule has 0 bridgehead atoms. The maximum absolute atomic E-state index is 11.8. The molecule has 0 saturated carbocycles. The van der Waals surface area contributed by atoms with E-state index in [1.165, 1.54) is 0 Å². The lowest BCUT2D eigenvalue weighted by atomic mass is 10.2. The van der Waals surface area contributed by atoms with Gasteiger partial charge in [0.1, 0.15) is 5.82 Å². The third kappa shape index (κ3) is 4.99. The van der Waals surface area contributed by atoms with Crippen LogP contribution >= 0.6 is 0 Å². The van der Waals surface area contributed by atoms with Crippen molar-refractivity contribution in [3.8, 4) is 11.5 Å². The Bertz CT molecular complexity index is 1120. The normalized spacial score (nSPS) is 13.8. The second kappa shape index (κ2) is 10.1. The number of benzene rings is 2. The molecule has 1 saturated heterocycles. The Morgan fingerprint density at radius 2 is 1.84 bits per heavy atom. The molecule has 166 valence electrons. The number of likely N-dealkylation sites (tertiary alicyclic amines) is 1. The molecule has 1 aromatic heterocycles. The largest absolute Gasteiger partial charge is 0.493 e. The molecule has 1 aliphatic heterocycles. The predicted molar refractivity (Wildman–Crippen MR) is 127 cm³/mol. The second-order valence-electron chi connectivity index (χ2n) is 7.66. The van der Waals surface area contributed by atoms with Crippen LogP contribution in [0.4, 0.5) is 5.82 Å². The van der Waals surface area contributed by atoms with Gasteiger partial charge in [0, 0.05) is 37.5 Å². The number of hydrogen-bond donors (Lipinski definition) is 1. The Balaban J connectivity index is 1.59. The lowest BCUT2D eigenvalue weighted by Gasteiger charge is -2.16. The van der Waals surface area contributed by atoms with E-state index in [9.17, 15) is 4.79 Å². The van der Waals surface area contributed by atoms with Crippen molar-refractivity contribution >= 4 is 34.8 Å².